The number of benzene rings is 2. The van der Waals surface area contributed by atoms with Gasteiger partial charge in [-0.15, -0.1) is 0 Å². The first-order valence-corrected chi connectivity index (χ1v) is 6.83. The van der Waals surface area contributed by atoms with E-state index in [9.17, 15) is 0 Å². The van der Waals surface area contributed by atoms with E-state index in [2.05, 4.69) is 53.3 Å². The fraction of sp³-hybridized carbons (Fsp3) is 0.294. The van der Waals surface area contributed by atoms with Crippen molar-refractivity contribution in [2.75, 3.05) is 26.4 Å². The highest BCUT2D eigenvalue weighted by molar-refractivity contribution is 5.94. The van der Waals surface area contributed by atoms with Gasteiger partial charge in [-0.1, -0.05) is 48.6 Å². The molecule has 0 radical (unpaired) electrons. The van der Waals surface area contributed by atoms with Crippen molar-refractivity contribution in [2.45, 2.75) is 6.42 Å². The molecule has 1 aliphatic carbocycles. The lowest BCUT2D eigenvalue weighted by atomic mass is 9.93. The van der Waals surface area contributed by atoms with Gasteiger partial charge in [-0.05, 0) is 28.3 Å². The molecule has 0 amide bonds. The highest BCUT2D eigenvalue weighted by Gasteiger charge is 2.06. The SMILES string of the molecule is C1=Cc2cccc3cccc(c23)C1.OCCOCCO. The highest BCUT2D eigenvalue weighted by atomic mass is 16.5. The Morgan fingerprint density at radius 1 is 0.950 bits per heavy atom. The number of aliphatic hydroxyl groups excluding tert-OH is 2. The van der Waals surface area contributed by atoms with Gasteiger partial charge in [0.05, 0.1) is 26.4 Å². The second-order valence-electron chi connectivity index (χ2n) is 4.53. The summed E-state index contributed by atoms with van der Waals surface area (Å²) in [5.74, 6) is 0. The standard InChI is InChI=1S/C13H10.C4H10O3/c1-4-10-6-2-8-12-9-3-7-11(5-1)13(10)12;5-1-3-7-4-2-6/h1-8H,9H2;5-6H,1-4H2. The molecular weight excluding hydrogens is 252 g/mol. The number of hydrogen-bond donors (Lipinski definition) is 2. The fourth-order valence-electron chi connectivity index (χ4n) is 2.30. The van der Waals surface area contributed by atoms with E-state index in [0.29, 0.717) is 13.2 Å². The predicted octanol–water partition coefficient (Wildman–Crippen LogP) is 2.40. The number of ether oxygens (including phenoxy) is 1. The molecule has 0 spiro atoms. The average molecular weight is 272 g/mol. The van der Waals surface area contributed by atoms with E-state index in [-0.39, 0.29) is 13.2 Å². The molecule has 0 aromatic heterocycles. The van der Waals surface area contributed by atoms with Gasteiger partial charge in [-0.2, -0.15) is 0 Å². The van der Waals surface area contributed by atoms with Crippen molar-refractivity contribution in [1.29, 1.82) is 0 Å². The summed E-state index contributed by atoms with van der Waals surface area (Å²) >= 11 is 0. The van der Waals surface area contributed by atoms with E-state index < -0.39 is 0 Å². The molecule has 3 heteroatoms. The van der Waals surface area contributed by atoms with Crippen molar-refractivity contribution in [3.63, 3.8) is 0 Å². The zero-order valence-electron chi connectivity index (χ0n) is 11.5. The van der Waals surface area contributed by atoms with Crippen LogP contribution >= 0.6 is 0 Å². The molecule has 0 bridgehead atoms. The summed E-state index contributed by atoms with van der Waals surface area (Å²) in [6.45, 7) is 0.696. The summed E-state index contributed by atoms with van der Waals surface area (Å²) in [7, 11) is 0. The van der Waals surface area contributed by atoms with Crippen LogP contribution in [0.1, 0.15) is 11.1 Å². The molecule has 2 aromatic rings. The van der Waals surface area contributed by atoms with Crippen LogP contribution in [0, 0.1) is 0 Å². The zero-order valence-corrected chi connectivity index (χ0v) is 11.5. The van der Waals surface area contributed by atoms with E-state index in [1.54, 1.807) is 0 Å². The van der Waals surface area contributed by atoms with Crippen molar-refractivity contribution in [3.05, 3.63) is 53.6 Å². The van der Waals surface area contributed by atoms with E-state index >= 15 is 0 Å². The lowest BCUT2D eigenvalue weighted by molar-refractivity contribution is 0.0650. The van der Waals surface area contributed by atoms with Crippen LogP contribution in [0.15, 0.2) is 42.5 Å². The number of rotatable bonds is 4. The minimum Gasteiger partial charge on any atom is -0.394 e. The topological polar surface area (TPSA) is 49.7 Å². The Labute approximate surface area is 119 Å². The first-order chi connectivity index (χ1) is 9.86. The second kappa shape index (κ2) is 7.80. The lowest BCUT2D eigenvalue weighted by Crippen LogP contribution is -2.03. The maximum Gasteiger partial charge on any atom is 0.0698 e. The largest absolute Gasteiger partial charge is 0.394 e. The molecule has 3 nitrogen and oxygen atoms in total. The van der Waals surface area contributed by atoms with Crippen molar-refractivity contribution in [3.8, 4) is 0 Å². The number of hydrogen-bond acceptors (Lipinski definition) is 3. The maximum atomic E-state index is 8.09. The minimum atomic E-state index is 0.0278. The fourth-order valence-corrected chi connectivity index (χ4v) is 2.30. The van der Waals surface area contributed by atoms with Crippen molar-refractivity contribution >= 4 is 16.8 Å². The molecule has 0 heterocycles. The smallest absolute Gasteiger partial charge is 0.0698 e. The normalized spacial score (nSPS) is 12.1. The van der Waals surface area contributed by atoms with Crippen LogP contribution in [-0.2, 0) is 11.2 Å². The third-order valence-corrected chi connectivity index (χ3v) is 3.13. The third-order valence-electron chi connectivity index (χ3n) is 3.13. The van der Waals surface area contributed by atoms with Crippen LogP contribution in [0.3, 0.4) is 0 Å². The van der Waals surface area contributed by atoms with E-state index in [4.69, 9.17) is 10.2 Å². The van der Waals surface area contributed by atoms with Gasteiger partial charge in [-0.25, -0.2) is 0 Å². The van der Waals surface area contributed by atoms with Crippen LogP contribution in [-0.4, -0.2) is 36.6 Å². The second-order valence-corrected chi connectivity index (χ2v) is 4.53. The molecule has 0 atom stereocenters. The molecular formula is C17H20O3. The third kappa shape index (κ3) is 3.67. The van der Waals surface area contributed by atoms with E-state index in [1.165, 1.54) is 21.9 Å². The van der Waals surface area contributed by atoms with Crippen LogP contribution in [0.2, 0.25) is 0 Å². The van der Waals surface area contributed by atoms with Crippen LogP contribution in [0.4, 0.5) is 0 Å². The Balaban J connectivity index is 0.000000182. The van der Waals surface area contributed by atoms with Gasteiger partial charge in [0, 0.05) is 0 Å². The maximum absolute atomic E-state index is 8.09. The molecule has 3 rings (SSSR count). The molecule has 0 aliphatic heterocycles. The zero-order chi connectivity index (χ0) is 14.2. The quantitative estimate of drug-likeness (QED) is 0.840. The Morgan fingerprint density at radius 3 is 2.35 bits per heavy atom. The number of aliphatic hydroxyl groups is 2. The molecule has 0 saturated heterocycles. The van der Waals surface area contributed by atoms with Gasteiger partial charge in [0.1, 0.15) is 0 Å². The van der Waals surface area contributed by atoms with Crippen LogP contribution < -0.4 is 0 Å². The summed E-state index contributed by atoms with van der Waals surface area (Å²) in [5, 5.41) is 19.0. The van der Waals surface area contributed by atoms with Gasteiger partial charge in [0.2, 0.25) is 0 Å². The predicted molar refractivity (Wildman–Crippen MR) is 81.7 cm³/mol. The summed E-state index contributed by atoms with van der Waals surface area (Å²) < 4.78 is 4.63. The Hall–Kier alpha value is -1.68. The van der Waals surface area contributed by atoms with Crippen LogP contribution in [0.25, 0.3) is 16.8 Å². The number of allylic oxidation sites excluding steroid dienone is 1. The van der Waals surface area contributed by atoms with E-state index in [0.717, 1.165) is 6.42 Å². The van der Waals surface area contributed by atoms with Crippen LogP contribution in [0.5, 0.6) is 0 Å². The van der Waals surface area contributed by atoms with Gasteiger partial charge in [-0.3, -0.25) is 0 Å². The van der Waals surface area contributed by atoms with Crippen molar-refractivity contribution in [1.82, 2.24) is 0 Å². The Bertz CT molecular complexity index is 566. The summed E-state index contributed by atoms with van der Waals surface area (Å²) in [6.07, 6.45) is 5.53. The molecule has 20 heavy (non-hydrogen) atoms. The molecule has 106 valence electrons. The van der Waals surface area contributed by atoms with Gasteiger partial charge in [0.25, 0.3) is 0 Å². The first kappa shape index (κ1) is 14.7. The molecule has 2 N–H and O–H groups in total. The minimum absolute atomic E-state index is 0.0278. The highest BCUT2D eigenvalue weighted by Crippen LogP contribution is 2.27. The Kier molecular flexibility index (Phi) is 5.74. The molecule has 1 aliphatic rings. The van der Waals surface area contributed by atoms with Gasteiger partial charge in [0.15, 0.2) is 0 Å². The molecule has 0 fully saturated rings. The average Bonchev–Trinajstić information content (AvgIpc) is 2.50. The summed E-state index contributed by atoms with van der Waals surface area (Å²) in [5.41, 5.74) is 2.81. The first-order valence-electron chi connectivity index (χ1n) is 6.83. The van der Waals surface area contributed by atoms with Crippen molar-refractivity contribution in [2.24, 2.45) is 0 Å². The lowest BCUT2D eigenvalue weighted by Gasteiger charge is -2.11. The summed E-state index contributed by atoms with van der Waals surface area (Å²) in [4.78, 5) is 0. The van der Waals surface area contributed by atoms with Crippen molar-refractivity contribution < 1.29 is 14.9 Å². The Morgan fingerprint density at radius 2 is 1.65 bits per heavy atom. The molecule has 0 saturated carbocycles. The van der Waals surface area contributed by atoms with E-state index in [1.807, 2.05) is 0 Å². The molecule has 2 aromatic carbocycles. The monoisotopic (exact) mass is 272 g/mol. The molecule has 0 unspecified atom stereocenters. The van der Waals surface area contributed by atoms with Gasteiger partial charge < -0.3 is 14.9 Å². The van der Waals surface area contributed by atoms with Gasteiger partial charge >= 0.3 is 0 Å². The summed E-state index contributed by atoms with van der Waals surface area (Å²) in [6, 6.07) is 13.0.